The van der Waals surface area contributed by atoms with Crippen molar-refractivity contribution < 1.29 is 10.0 Å². The number of rotatable bonds is 2. The van der Waals surface area contributed by atoms with E-state index in [1.807, 2.05) is 6.07 Å². The van der Waals surface area contributed by atoms with E-state index in [-0.39, 0.29) is 16.9 Å². The molecule has 2 saturated carbocycles. The van der Waals surface area contributed by atoms with Crippen molar-refractivity contribution in [1.29, 1.82) is 0 Å². The molecule has 4 nitrogen and oxygen atoms in total. The lowest BCUT2D eigenvalue weighted by atomic mass is 9.56. The van der Waals surface area contributed by atoms with Crippen molar-refractivity contribution in [2.75, 3.05) is 0 Å². The van der Waals surface area contributed by atoms with E-state index in [0.29, 0.717) is 5.92 Å². The van der Waals surface area contributed by atoms with E-state index in [1.165, 1.54) is 44.6 Å². The first-order valence-electron chi connectivity index (χ1n) is 7.61. The third kappa shape index (κ3) is 2.07. The first-order valence-corrected chi connectivity index (χ1v) is 7.61. The maximum Gasteiger partial charge on any atom is 0.310 e. The van der Waals surface area contributed by atoms with Crippen molar-refractivity contribution in [2.24, 2.45) is 5.92 Å². The van der Waals surface area contributed by atoms with Crippen LogP contribution in [0.25, 0.3) is 0 Å². The highest BCUT2D eigenvalue weighted by Gasteiger charge is 2.43. The molecule has 108 valence electrons. The summed E-state index contributed by atoms with van der Waals surface area (Å²) in [4.78, 5) is 10.6. The lowest BCUT2D eigenvalue weighted by Gasteiger charge is -2.48. The second-order valence-corrected chi connectivity index (χ2v) is 6.31. The summed E-state index contributed by atoms with van der Waals surface area (Å²) in [6, 6.07) is 5.04. The van der Waals surface area contributed by atoms with Crippen LogP contribution < -0.4 is 0 Å². The topological polar surface area (TPSA) is 63.4 Å². The van der Waals surface area contributed by atoms with Crippen LogP contribution in [0.1, 0.15) is 56.9 Å². The summed E-state index contributed by atoms with van der Waals surface area (Å²) in [6.07, 6.45) is 9.76. The second kappa shape index (κ2) is 5.08. The van der Waals surface area contributed by atoms with Crippen LogP contribution in [0, 0.1) is 16.0 Å². The van der Waals surface area contributed by atoms with Gasteiger partial charge in [-0.25, -0.2) is 0 Å². The molecule has 0 amide bonds. The van der Waals surface area contributed by atoms with E-state index in [2.05, 4.69) is 0 Å². The number of aromatic hydroxyl groups is 1. The molecule has 2 aliphatic rings. The van der Waals surface area contributed by atoms with Gasteiger partial charge >= 0.3 is 5.69 Å². The Morgan fingerprint density at radius 1 is 1.15 bits per heavy atom. The third-order valence-corrected chi connectivity index (χ3v) is 5.38. The van der Waals surface area contributed by atoms with Crippen molar-refractivity contribution in [2.45, 2.75) is 56.8 Å². The highest BCUT2D eigenvalue weighted by molar-refractivity contribution is 5.50. The molecule has 0 heterocycles. The molecule has 0 aliphatic heterocycles. The Balaban J connectivity index is 2.05. The van der Waals surface area contributed by atoms with Gasteiger partial charge in [-0.05, 0) is 48.6 Å². The highest BCUT2D eigenvalue weighted by Crippen LogP contribution is 2.52. The smallest absolute Gasteiger partial charge is 0.310 e. The summed E-state index contributed by atoms with van der Waals surface area (Å²) >= 11 is 0. The Bertz CT molecular complexity index is 514. The molecule has 4 heteroatoms. The molecule has 1 aromatic carbocycles. The van der Waals surface area contributed by atoms with Crippen LogP contribution in [0.4, 0.5) is 5.69 Å². The van der Waals surface area contributed by atoms with E-state index >= 15 is 0 Å². The summed E-state index contributed by atoms with van der Waals surface area (Å²) in [5, 5.41) is 20.7. The van der Waals surface area contributed by atoms with Crippen LogP contribution >= 0.6 is 0 Å². The number of hydrogen-bond donors (Lipinski definition) is 1. The molecule has 0 aromatic heterocycles. The monoisotopic (exact) mass is 275 g/mol. The summed E-state index contributed by atoms with van der Waals surface area (Å²) in [5.41, 5.74) is 1.05. The van der Waals surface area contributed by atoms with Crippen LogP contribution in [0.5, 0.6) is 5.75 Å². The number of nitro groups is 1. The minimum Gasteiger partial charge on any atom is -0.502 e. The van der Waals surface area contributed by atoms with E-state index in [9.17, 15) is 15.2 Å². The van der Waals surface area contributed by atoms with Gasteiger partial charge in [0.15, 0.2) is 5.75 Å². The van der Waals surface area contributed by atoms with Crippen LogP contribution in [0.2, 0.25) is 0 Å². The standard InChI is InChI=1S/C16H21NO3/c18-15-8-7-13(11-14(15)17(19)20)16-9-3-1-5-12(16)6-2-4-10-16/h7-8,11-12,18H,1-6,9-10H2. The minimum absolute atomic E-state index is 0.120. The van der Waals surface area contributed by atoms with Gasteiger partial charge in [0.1, 0.15) is 0 Å². The van der Waals surface area contributed by atoms with Gasteiger partial charge in [0.25, 0.3) is 0 Å². The molecule has 2 aliphatic carbocycles. The first-order chi connectivity index (χ1) is 9.63. The number of phenols is 1. The molecule has 0 atom stereocenters. The maximum atomic E-state index is 11.1. The predicted octanol–water partition coefficient (Wildman–Crippen LogP) is 4.30. The molecular formula is C16H21NO3. The van der Waals surface area contributed by atoms with Crippen molar-refractivity contribution in [3.8, 4) is 5.75 Å². The molecule has 0 saturated heterocycles. The zero-order valence-corrected chi connectivity index (χ0v) is 11.7. The number of fused-ring (bicyclic) bond motifs is 1. The van der Waals surface area contributed by atoms with Crippen LogP contribution in [0.15, 0.2) is 18.2 Å². The first kappa shape index (κ1) is 13.4. The van der Waals surface area contributed by atoms with Crippen molar-refractivity contribution in [3.63, 3.8) is 0 Å². The lowest BCUT2D eigenvalue weighted by Crippen LogP contribution is -2.40. The van der Waals surface area contributed by atoms with Gasteiger partial charge < -0.3 is 5.11 Å². The molecular weight excluding hydrogens is 254 g/mol. The zero-order valence-electron chi connectivity index (χ0n) is 11.7. The number of hydrogen-bond acceptors (Lipinski definition) is 3. The van der Waals surface area contributed by atoms with Crippen molar-refractivity contribution in [3.05, 3.63) is 33.9 Å². The van der Waals surface area contributed by atoms with Crippen LogP contribution in [-0.4, -0.2) is 10.0 Å². The Kier molecular flexibility index (Phi) is 3.40. The van der Waals surface area contributed by atoms with Gasteiger partial charge in [-0.2, -0.15) is 0 Å². The molecule has 2 fully saturated rings. The Labute approximate surface area is 119 Å². The predicted molar refractivity (Wildman–Crippen MR) is 76.9 cm³/mol. The van der Waals surface area contributed by atoms with Gasteiger partial charge in [-0.15, -0.1) is 0 Å². The normalized spacial score (nSPS) is 29.7. The molecule has 3 rings (SSSR count). The van der Waals surface area contributed by atoms with E-state index in [4.69, 9.17) is 0 Å². The van der Waals surface area contributed by atoms with Gasteiger partial charge in [0.05, 0.1) is 4.92 Å². The van der Waals surface area contributed by atoms with E-state index in [0.717, 1.165) is 18.4 Å². The molecule has 20 heavy (non-hydrogen) atoms. The molecule has 0 bridgehead atoms. The molecule has 1 aromatic rings. The fourth-order valence-electron chi connectivity index (χ4n) is 4.40. The number of phenolic OH excluding ortho intramolecular Hbond substituents is 1. The average molecular weight is 275 g/mol. The Morgan fingerprint density at radius 2 is 1.80 bits per heavy atom. The summed E-state index contributed by atoms with van der Waals surface area (Å²) in [6.45, 7) is 0. The van der Waals surface area contributed by atoms with Crippen molar-refractivity contribution in [1.82, 2.24) is 0 Å². The van der Waals surface area contributed by atoms with Gasteiger partial charge in [-0.3, -0.25) is 10.1 Å². The maximum absolute atomic E-state index is 11.1. The quantitative estimate of drug-likeness (QED) is 0.646. The van der Waals surface area contributed by atoms with Gasteiger partial charge in [-0.1, -0.05) is 31.7 Å². The van der Waals surface area contributed by atoms with Crippen LogP contribution in [0.3, 0.4) is 0 Å². The molecule has 0 spiro atoms. The Hall–Kier alpha value is -1.58. The summed E-state index contributed by atoms with van der Waals surface area (Å²) in [5.74, 6) is 0.437. The molecule has 1 N–H and O–H groups in total. The summed E-state index contributed by atoms with van der Waals surface area (Å²) < 4.78 is 0. The third-order valence-electron chi connectivity index (χ3n) is 5.38. The minimum atomic E-state index is -0.476. The fraction of sp³-hybridized carbons (Fsp3) is 0.625. The molecule has 0 unspecified atom stereocenters. The largest absolute Gasteiger partial charge is 0.502 e. The number of nitro benzene ring substituents is 1. The fourth-order valence-corrected chi connectivity index (χ4v) is 4.40. The van der Waals surface area contributed by atoms with E-state index in [1.54, 1.807) is 6.07 Å². The lowest BCUT2D eigenvalue weighted by molar-refractivity contribution is -0.386. The van der Waals surface area contributed by atoms with Gasteiger partial charge in [0, 0.05) is 6.07 Å². The second-order valence-electron chi connectivity index (χ2n) is 6.31. The Morgan fingerprint density at radius 3 is 2.40 bits per heavy atom. The number of nitrogens with zero attached hydrogens (tertiary/aromatic N) is 1. The SMILES string of the molecule is O=[N+]([O-])c1cc(C23CCCCC2CCCC3)ccc1O. The summed E-state index contributed by atoms with van der Waals surface area (Å²) in [7, 11) is 0. The van der Waals surface area contributed by atoms with Crippen molar-refractivity contribution >= 4 is 5.69 Å². The zero-order chi connectivity index (χ0) is 14.2. The average Bonchev–Trinajstić information content (AvgIpc) is 2.47. The highest BCUT2D eigenvalue weighted by atomic mass is 16.6. The van der Waals surface area contributed by atoms with Gasteiger partial charge in [0.2, 0.25) is 0 Å². The van der Waals surface area contributed by atoms with Crippen LogP contribution in [-0.2, 0) is 5.41 Å². The van der Waals surface area contributed by atoms with E-state index < -0.39 is 4.92 Å². The molecule has 0 radical (unpaired) electrons. The number of benzene rings is 1.